The van der Waals surface area contributed by atoms with E-state index in [1.807, 2.05) is 60.8 Å². The van der Waals surface area contributed by atoms with Crippen LogP contribution in [0.3, 0.4) is 0 Å². The van der Waals surface area contributed by atoms with Crippen LogP contribution in [0.2, 0.25) is 5.02 Å². The Balaban J connectivity index is 1.41. The second-order valence-corrected chi connectivity index (χ2v) is 13.2. The Morgan fingerprint density at radius 2 is 1.84 bits per heavy atom. The molecule has 4 heterocycles. The number of amides is 1. The Labute approximate surface area is 273 Å². The number of aliphatic hydroxyl groups is 1. The van der Waals surface area contributed by atoms with Gasteiger partial charge in [0, 0.05) is 17.0 Å². The van der Waals surface area contributed by atoms with Crippen molar-refractivity contribution < 1.29 is 19.4 Å². The smallest absolute Gasteiger partial charge is 0.301 e. The lowest BCUT2D eigenvalue weighted by molar-refractivity contribution is -0.132. The molecule has 12 heteroatoms. The molecule has 6 rings (SSSR count). The molecule has 1 aliphatic rings. The molecule has 230 valence electrons. The first-order chi connectivity index (χ1) is 21.8. The van der Waals surface area contributed by atoms with Crippen molar-refractivity contribution in [3.05, 3.63) is 106 Å². The molecule has 3 aromatic heterocycles. The van der Waals surface area contributed by atoms with E-state index in [1.165, 1.54) is 28.0 Å². The van der Waals surface area contributed by atoms with Crippen LogP contribution in [0.25, 0.3) is 11.4 Å². The quantitative estimate of drug-likeness (QED) is 0.0409. The number of aryl methyl sites for hydroxylation is 2. The Morgan fingerprint density at radius 3 is 2.58 bits per heavy atom. The summed E-state index contributed by atoms with van der Waals surface area (Å²) in [5.41, 5.74) is 3.93. The van der Waals surface area contributed by atoms with E-state index >= 15 is 0 Å². The third-order valence-corrected chi connectivity index (χ3v) is 10.1. The molecule has 0 spiro atoms. The van der Waals surface area contributed by atoms with Crippen LogP contribution in [0, 0.1) is 13.8 Å². The van der Waals surface area contributed by atoms with Crippen molar-refractivity contribution in [1.29, 1.82) is 0 Å². The Kier molecular flexibility index (Phi) is 8.93. The van der Waals surface area contributed by atoms with Crippen LogP contribution in [-0.4, -0.2) is 43.0 Å². The van der Waals surface area contributed by atoms with Gasteiger partial charge in [0.25, 0.3) is 5.78 Å². The highest BCUT2D eigenvalue weighted by Gasteiger charge is 2.49. The molecule has 0 saturated carbocycles. The number of imidazole rings is 1. The van der Waals surface area contributed by atoms with Crippen LogP contribution in [0.15, 0.2) is 76.8 Å². The standard InChI is InChI=1S/C33H30ClN5O4S2/c1-4-5-17-43-23-14-12-21(13-15-23)27-25(28(40)26-20(3)38-16-8-9-19(2)30(38)35-26)29(41)31(42)39(27)32-36-37-33(45-32)44-18-22-10-6-7-11-24(22)34/h6-16,27,40H,4-5,17-18H2,1-3H3. The molecule has 1 fully saturated rings. The highest BCUT2D eigenvalue weighted by atomic mass is 35.5. The van der Waals surface area contributed by atoms with Gasteiger partial charge in [-0.05, 0) is 61.2 Å². The first-order valence-electron chi connectivity index (χ1n) is 14.5. The molecule has 1 unspecified atom stereocenters. The number of unbranched alkanes of at least 4 members (excludes halogenated alkanes) is 1. The summed E-state index contributed by atoms with van der Waals surface area (Å²) in [5.74, 6) is -0.744. The lowest BCUT2D eigenvalue weighted by Crippen LogP contribution is -2.29. The first-order valence-corrected chi connectivity index (χ1v) is 16.6. The summed E-state index contributed by atoms with van der Waals surface area (Å²) in [4.78, 5) is 33.5. The van der Waals surface area contributed by atoms with Crippen molar-refractivity contribution in [2.75, 3.05) is 11.5 Å². The number of carbonyl (C=O) groups is 2. The Hall–Kier alpha value is -4.19. The van der Waals surface area contributed by atoms with E-state index < -0.39 is 17.7 Å². The van der Waals surface area contributed by atoms with Crippen molar-refractivity contribution >= 4 is 62.9 Å². The zero-order valence-corrected chi connectivity index (χ0v) is 27.2. The number of carbonyl (C=O) groups excluding carboxylic acids is 2. The average molecular weight is 660 g/mol. The molecule has 0 aliphatic carbocycles. The number of aliphatic hydroxyl groups excluding tert-OH is 1. The van der Waals surface area contributed by atoms with Gasteiger partial charge in [-0.1, -0.05) is 84.4 Å². The normalized spacial score (nSPS) is 16.2. The Bertz CT molecular complexity index is 1940. The number of ketones is 1. The third kappa shape index (κ3) is 5.95. The number of pyridine rings is 1. The van der Waals surface area contributed by atoms with Crippen LogP contribution in [-0.2, 0) is 15.3 Å². The van der Waals surface area contributed by atoms with Crippen LogP contribution >= 0.6 is 34.7 Å². The van der Waals surface area contributed by atoms with Gasteiger partial charge in [-0.3, -0.25) is 14.5 Å². The number of hydrogen-bond donors (Lipinski definition) is 1. The lowest BCUT2D eigenvalue weighted by Gasteiger charge is -2.22. The molecular weight excluding hydrogens is 630 g/mol. The number of fused-ring (bicyclic) bond motifs is 1. The minimum Gasteiger partial charge on any atom is -0.505 e. The van der Waals surface area contributed by atoms with Gasteiger partial charge >= 0.3 is 5.91 Å². The van der Waals surface area contributed by atoms with Gasteiger partial charge < -0.3 is 14.2 Å². The zero-order valence-electron chi connectivity index (χ0n) is 24.9. The number of hydrogen-bond acceptors (Lipinski definition) is 9. The molecule has 0 radical (unpaired) electrons. The number of benzene rings is 2. The fourth-order valence-corrected chi connectivity index (χ4v) is 7.37. The molecule has 9 nitrogen and oxygen atoms in total. The second kappa shape index (κ2) is 13.0. The number of nitrogens with zero attached hydrogens (tertiary/aromatic N) is 5. The molecule has 1 atom stereocenters. The number of ether oxygens (including phenoxy) is 1. The highest BCUT2D eigenvalue weighted by Crippen LogP contribution is 2.44. The van der Waals surface area contributed by atoms with Crippen LogP contribution < -0.4 is 9.64 Å². The molecule has 5 aromatic rings. The summed E-state index contributed by atoms with van der Waals surface area (Å²) >= 11 is 8.96. The molecule has 1 saturated heterocycles. The van der Waals surface area contributed by atoms with E-state index in [0.29, 0.717) is 44.4 Å². The van der Waals surface area contributed by atoms with Crippen molar-refractivity contribution in [2.45, 2.75) is 49.7 Å². The third-order valence-electron chi connectivity index (χ3n) is 7.63. The van der Waals surface area contributed by atoms with E-state index in [9.17, 15) is 14.7 Å². The zero-order chi connectivity index (χ0) is 31.7. The summed E-state index contributed by atoms with van der Waals surface area (Å²) in [6.45, 7) is 6.41. The lowest BCUT2D eigenvalue weighted by atomic mass is 9.96. The molecule has 1 N–H and O–H groups in total. The maximum absolute atomic E-state index is 13.7. The van der Waals surface area contributed by atoms with E-state index in [0.717, 1.165) is 24.0 Å². The van der Waals surface area contributed by atoms with Gasteiger partial charge in [-0.15, -0.1) is 10.2 Å². The second-order valence-electron chi connectivity index (χ2n) is 10.6. The van der Waals surface area contributed by atoms with E-state index in [-0.39, 0.29) is 22.2 Å². The number of thioether (sulfide) groups is 1. The molecular formula is C33H30ClN5O4S2. The SMILES string of the molecule is CCCCOc1ccc(C2C(=C(O)c3nc4c(C)cccn4c3C)C(=O)C(=O)N2c2nnc(SCc3ccccc3Cl)s2)cc1. The first kappa shape index (κ1) is 30.8. The van der Waals surface area contributed by atoms with Crippen LogP contribution in [0.4, 0.5) is 5.13 Å². The average Bonchev–Trinajstić information content (AvgIpc) is 3.72. The number of halogens is 1. The summed E-state index contributed by atoms with van der Waals surface area (Å²) < 4.78 is 8.30. The van der Waals surface area contributed by atoms with Crippen molar-refractivity contribution in [2.24, 2.45) is 0 Å². The van der Waals surface area contributed by atoms with E-state index in [4.69, 9.17) is 16.3 Å². The molecule has 1 amide bonds. The number of rotatable bonds is 10. The molecule has 45 heavy (non-hydrogen) atoms. The predicted molar refractivity (Wildman–Crippen MR) is 177 cm³/mol. The topological polar surface area (TPSA) is 110 Å². The van der Waals surface area contributed by atoms with Gasteiger partial charge in [-0.25, -0.2) is 4.98 Å². The molecule has 2 aromatic carbocycles. The summed E-state index contributed by atoms with van der Waals surface area (Å²) in [6, 6.07) is 17.6. The fourth-order valence-electron chi connectivity index (χ4n) is 5.21. The van der Waals surface area contributed by atoms with Gasteiger partial charge in [-0.2, -0.15) is 0 Å². The fraction of sp³-hybridized carbons (Fsp3) is 0.242. The minimum atomic E-state index is -0.964. The minimum absolute atomic E-state index is 0.0655. The van der Waals surface area contributed by atoms with Gasteiger partial charge in [0.2, 0.25) is 5.13 Å². The number of aromatic nitrogens is 4. The summed E-state index contributed by atoms with van der Waals surface area (Å²) in [7, 11) is 0. The highest BCUT2D eigenvalue weighted by molar-refractivity contribution is 8.00. The van der Waals surface area contributed by atoms with E-state index in [1.54, 1.807) is 24.3 Å². The maximum Gasteiger partial charge on any atom is 0.301 e. The molecule has 0 bridgehead atoms. The Morgan fingerprint density at radius 1 is 1.07 bits per heavy atom. The van der Waals surface area contributed by atoms with Crippen LogP contribution in [0.1, 0.15) is 53.9 Å². The molecule has 1 aliphatic heterocycles. The monoisotopic (exact) mass is 659 g/mol. The van der Waals surface area contributed by atoms with Crippen molar-refractivity contribution in [3.8, 4) is 5.75 Å². The van der Waals surface area contributed by atoms with Crippen molar-refractivity contribution in [3.63, 3.8) is 0 Å². The summed E-state index contributed by atoms with van der Waals surface area (Å²) in [5, 5.41) is 21.3. The van der Waals surface area contributed by atoms with Gasteiger partial charge in [0.15, 0.2) is 10.1 Å². The largest absolute Gasteiger partial charge is 0.505 e. The number of Topliss-reactive ketones (excluding diaryl/α,β-unsaturated/α-hetero) is 1. The maximum atomic E-state index is 13.7. The summed E-state index contributed by atoms with van der Waals surface area (Å²) in [6.07, 6.45) is 3.78. The van der Waals surface area contributed by atoms with Gasteiger partial charge in [0.1, 0.15) is 17.1 Å². The number of anilines is 1. The van der Waals surface area contributed by atoms with Crippen molar-refractivity contribution in [1.82, 2.24) is 19.6 Å². The van der Waals surface area contributed by atoms with Gasteiger partial charge in [0.05, 0.1) is 23.9 Å². The predicted octanol–water partition coefficient (Wildman–Crippen LogP) is 7.55. The van der Waals surface area contributed by atoms with Crippen LogP contribution in [0.5, 0.6) is 5.75 Å². The van der Waals surface area contributed by atoms with E-state index in [2.05, 4.69) is 22.1 Å².